The maximum Gasteiger partial charge on any atom is 0.407 e. The standard InChI is InChI=1S/C10H16N2O6/c1-18-9(13)5-8-4-7(6-12(16)17)2-3-11(8)10(14)15/h7-8H,2-6H2,1H3,(H,14,15). The molecule has 1 fully saturated rings. The smallest absolute Gasteiger partial charge is 0.407 e. The molecule has 0 aromatic carbocycles. The number of carbonyl (C=O) groups is 2. The van der Waals surface area contributed by atoms with Gasteiger partial charge in [-0.2, -0.15) is 0 Å². The van der Waals surface area contributed by atoms with Gasteiger partial charge >= 0.3 is 12.1 Å². The van der Waals surface area contributed by atoms with Gasteiger partial charge in [-0.3, -0.25) is 14.9 Å². The van der Waals surface area contributed by atoms with Gasteiger partial charge < -0.3 is 14.7 Å². The number of esters is 1. The molecule has 102 valence electrons. The molecule has 0 saturated carbocycles. The highest BCUT2D eigenvalue weighted by Crippen LogP contribution is 2.25. The normalized spacial score (nSPS) is 23.5. The zero-order valence-electron chi connectivity index (χ0n) is 10.1. The summed E-state index contributed by atoms with van der Waals surface area (Å²) in [6, 6.07) is -0.534. The summed E-state index contributed by atoms with van der Waals surface area (Å²) in [6.45, 7) is 0.0284. The number of hydrogen-bond acceptors (Lipinski definition) is 5. The van der Waals surface area contributed by atoms with Crippen LogP contribution in [-0.4, -0.2) is 53.2 Å². The molecular formula is C10H16N2O6. The minimum atomic E-state index is -1.11. The molecule has 18 heavy (non-hydrogen) atoms. The number of ether oxygens (including phenoxy) is 1. The summed E-state index contributed by atoms with van der Waals surface area (Å²) < 4.78 is 4.50. The van der Waals surface area contributed by atoms with Crippen LogP contribution in [0.15, 0.2) is 0 Å². The summed E-state index contributed by atoms with van der Waals surface area (Å²) in [5, 5.41) is 19.5. The van der Waals surface area contributed by atoms with Crippen LogP contribution in [0, 0.1) is 16.0 Å². The molecule has 8 heteroatoms. The van der Waals surface area contributed by atoms with Gasteiger partial charge in [-0.25, -0.2) is 4.79 Å². The molecule has 8 nitrogen and oxygen atoms in total. The first kappa shape index (κ1) is 14.2. The third-order valence-corrected chi connectivity index (χ3v) is 3.11. The number of likely N-dealkylation sites (tertiary alicyclic amines) is 1. The molecule has 0 bridgehead atoms. The van der Waals surface area contributed by atoms with Gasteiger partial charge in [-0.05, 0) is 12.8 Å². The second-order valence-electron chi connectivity index (χ2n) is 4.32. The number of nitrogens with zero attached hydrogens (tertiary/aromatic N) is 2. The van der Waals surface area contributed by atoms with Crippen LogP contribution in [0.25, 0.3) is 0 Å². The van der Waals surface area contributed by atoms with Crippen molar-refractivity contribution >= 4 is 12.1 Å². The molecule has 0 aliphatic carbocycles. The van der Waals surface area contributed by atoms with E-state index in [-0.39, 0.29) is 25.4 Å². The predicted molar refractivity (Wildman–Crippen MR) is 59.7 cm³/mol. The molecule has 1 aliphatic rings. The van der Waals surface area contributed by atoms with Crippen molar-refractivity contribution in [3.8, 4) is 0 Å². The summed E-state index contributed by atoms with van der Waals surface area (Å²) in [5.74, 6) is -0.696. The van der Waals surface area contributed by atoms with Gasteiger partial charge in [0.15, 0.2) is 0 Å². The topological polar surface area (TPSA) is 110 Å². The molecule has 0 aromatic heterocycles. The molecule has 1 amide bonds. The van der Waals surface area contributed by atoms with Crippen molar-refractivity contribution in [3.05, 3.63) is 10.1 Å². The lowest BCUT2D eigenvalue weighted by Gasteiger charge is -2.35. The molecule has 0 aromatic rings. The van der Waals surface area contributed by atoms with Crippen LogP contribution in [0.5, 0.6) is 0 Å². The molecule has 1 saturated heterocycles. The van der Waals surface area contributed by atoms with Crippen molar-refractivity contribution in [2.75, 3.05) is 20.2 Å². The lowest BCUT2D eigenvalue weighted by atomic mass is 9.89. The summed E-state index contributed by atoms with van der Waals surface area (Å²) >= 11 is 0. The van der Waals surface area contributed by atoms with E-state index < -0.39 is 23.0 Å². The van der Waals surface area contributed by atoms with Crippen LogP contribution in [0.4, 0.5) is 4.79 Å². The van der Waals surface area contributed by atoms with E-state index in [0.29, 0.717) is 12.8 Å². The third-order valence-electron chi connectivity index (χ3n) is 3.11. The van der Waals surface area contributed by atoms with Crippen LogP contribution >= 0.6 is 0 Å². The Morgan fingerprint density at radius 1 is 1.56 bits per heavy atom. The van der Waals surface area contributed by atoms with Gasteiger partial charge in [-0.1, -0.05) is 0 Å². The Labute approximate surface area is 104 Å². The number of nitro groups is 1. The number of hydrogen-bond donors (Lipinski definition) is 1. The van der Waals surface area contributed by atoms with E-state index in [2.05, 4.69) is 4.74 Å². The zero-order valence-corrected chi connectivity index (χ0v) is 10.1. The van der Waals surface area contributed by atoms with E-state index in [9.17, 15) is 19.7 Å². The first-order valence-corrected chi connectivity index (χ1v) is 5.62. The highest BCUT2D eigenvalue weighted by atomic mass is 16.6. The van der Waals surface area contributed by atoms with Crippen molar-refractivity contribution in [1.29, 1.82) is 0 Å². The number of amides is 1. The summed E-state index contributed by atoms with van der Waals surface area (Å²) in [5.41, 5.74) is 0. The van der Waals surface area contributed by atoms with Crippen LogP contribution in [0.1, 0.15) is 19.3 Å². The van der Waals surface area contributed by atoms with Gasteiger partial charge in [0.25, 0.3) is 0 Å². The third kappa shape index (κ3) is 3.86. The molecule has 1 aliphatic heterocycles. The molecular weight excluding hydrogens is 244 g/mol. The van der Waals surface area contributed by atoms with E-state index in [0.717, 1.165) is 4.90 Å². The average Bonchev–Trinajstić information content (AvgIpc) is 2.27. The van der Waals surface area contributed by atoms with Crippen molar-refractivity contribution in [3.63, 3.8) is 0 Å². The van der Waals surface area contributed by atoms with E-state index in [1.165, 1.54) is 7.11 Å². The summed E-state index contributed by atoms with van der Waals surface area (Å²) in [7, 11) is 1.23. The zero-order chi connectivity index (χ0) is 13.7. The lowest BCUT2D eigenvalue weighted by Crippen LogP contribution is -2.47. The highest BCUT2D eigenvalue weighted by molar-refractivity contribution is 5.72. The molecule has 1 heterocycles. The van der Waals surface area contributed by atoms with Crippen LogP contribution < -0.4 is 0 Å². The van der Waals surface area contributed by atoms with Gasteiger partial charge in [0.1, 0.15) is 0 Å². The maximum absolute atomic E-state index is 11.2. The minimum Gasteiger partial charge on any atom is -0.469 e. The molecule has 1 N–H and O–H groups in total. The van der Waals surface area contributed by atoms with Crippen molar-refractivity contribution in [2.24, 2.45) is 5.92 Å². The molecule has 2 unspecified atom stereocenters. The van der Waals surface area contributed by atoms with E-state index in [1.54, 1.807) is 0 Å². The van der Waals surface area contributed by atoms with Gasteiger partial charge in [0.2, 0.25) is 6.54 Å². The molecule has 2 atom stereocenters. The number of piperidine rings is 1. The Morgan fingerprint density at radius 3 is 2.72 bits per heavy atom. The minimum absolute atomic E-state index is 0.0585. The van der Waals surface area contributed by atoms with Gasteiger partial charge in [0.05, 0.1) is 13.5 Å². The number of carboxylic acid groups (broad SMARTS) is 1. The van der Waals surface area contributed by atoms with E-state index in [1.807, 2.05) is 0 Å². The van der Waals surface area contributed by atoms with Gasteiger partial charge in [0, 0.05) is 23.4 Å². The number of carbonyl (C=O) groups excluding carboxylic acids is 1. The van der Waals surface area contributed by atoms with Gasteiger partial charge in [-0.15, -0.1) is 0 Å². The summed E-state index contributed by atoms with van der Waals surface area (Å²) in [6.07, 6.45) is -0.395. The molecule has 1 rings (SSSR count). The Kier molecular flexibility index (Phi) is 4.87. The largest absolute Gasteiger partial charge is 0.469 e. The fourth-order valence-electron chi connectivity index (χ4n) is 2.23. The Balaban J connectivity index is 2.66. The van der Waals surface area contributed by atoms with Crippen molar-refractivity contribution in [2.45, 2.75) is 25.3 Å². The van der Waals surface area contributed by atoms with E-state index in [4.69, 9.17) is 5.11 Å². The number of rotatable bonds is 4. The van der Waals surface area contributed by atoms with Crippen molar-refractivity contribution in [1.82, 2.24) is 4.90 Å². The Bertz CT molecular complexity index is 345. The monoisotopic (exact) mass is 260 g/mol. The maximum atomic E-state index is 11.2. The number of methoxy groups -OCH3 is 1. The van der Waals surface area contributed by atoms with E-state index >= 15 is 0 Å². The Hall–Kier alpha value is -1.86. The second-order valence-corrected chi connectivity index (χ2v) is 4.32. The fourth-order valence-corrected chi connectivity index (χ4v) is 2.23. The second kappa shape index (κ2) is 6.18. The Morgan fingerprint density at radius 2 is 2.22 bits per heavy atom. The quantitative estimate of drug-likeness (QED) is 0.450. The highest BCUT2D eigenvalue weighted by Gasteiger charge is 2.34. The molecule has 0 radical (unpaired) electrons. The van der Waals surface area contributed by atoms with Crippen LogP contribution in [0.3, 0.4) is 0 Å². The summed E-state index contributed by atoms with van der Waals surface area (Å²) in [4.78, 5) is 33.4. The first-order valence-electron chi connectivity index (χ1n) is 5.62. The lowest BCUT2D eigenvalue weighted by molar-refractivity contribution is -0.489. The van der Waals surface area contributed by atoms with Crippen molar-refractivity contribution < 1.29 is 24.4 Å². The average molecular weight is 260 g/mol. The fraction of sp³-hybridized carbons (Fsp3) is 0.800. The SMILES string of the molecule is COC(=O)CC1CC(C[N+](=O)[O-])CCN1C(=O)O. The molecule has 0 spiro atoms. The van der Waals surface area contributed by atoms with Crippen LogP contribution in [0.2, 0.25) is 0 Å². The predicted octanol–water partition coefficient (Wildman–Crippen LogP) is 0.585. The van der Waals surface area contributed by atoms with Crippen LogP contribution in [-0.2, 0) is 9.53 Å². The first-order chi connectivity index (χ1) is 8.43.